The predicted octanol–water partition coefficient (Wildman–Crippen LogP) is 2.65. The summed E-state index contributed by atoms with van der Waals surface area (Å²) in [5.41, 5.74) is 2.25. The van der Waals surface area contributed by atoms with Crippen LogP contribution in [-0.2, 0) is 9.53 Å². The molecule has 0 radical (unpaired) electrons. The molecule has 29 heavy (non-hydrogen) atoms. The Kier molecular flexibility index (Phi) is 15.1. The van der Waals surface area contributed by atoms with Gasteiger partial charge >= 0.3 is 6.09 Å². The zero-order chi connectivity index (χ0) is 22.2. The van der Waals surface area contributed by atoms with E-state index in [4.69, 9.17) is 14.5 Å². The van der Waals surface area contributed by atoms with E-state index < -0.39 is 20.3 Å². The minimum atomic E-state index is -2.56. The number of rotatable bonds is 15. The molecule has 0 aliphatic carbocycles. The summed E-state index contributed by atoms with van der Waals surface area (Å²) in [4.78, 5) is 42.3. The summed E-state index contributed by atoms with van der Waals surface area (Å²) in [7, 11) is -2.56. The zero-order valence-corrected chi connectivity index (χ0v) is 18.8. The first kappa shape index (κ1) is 27.3. The molecular formula is C20H36N3O5P. The Morgan fingerprint density at radius 3 is 2.52 bits per heavy atom. The molecule has 0 fully saturated rings. The van der Waals surface area contributed by atoms with Crippen LogP contribution in [0.25, 0.3) is 0 Å². The van der Waals surface area contributed by atoms with Crippen molar-refractivity contribution in [1.82, 2.24) is 15.5 Å². The van der Waals surface area contributed by atoms with Gasteiger partial charge in [0.15, 0.2) is 20.4 Å². The number of amides is 1. The first-order valence-electron chi connectivity index (χ1n) is 9.79. The molecule has 2 atom stereocenters. The normalized spacial score (nSPS) is 14.5. The second kappa shape index (κ2) is 16.1. The van der Waals surface area contributed by atoms with Crippen LogP contribution in [0.4, 0.5) is 4.79 Å². The largest absolute Gasteiger partial charge is 0.448 e. The smallest absolute Gasteiger partial charge is 0.408 e. The maximum Gasteiger partial charge on any atom is 0.408 e. The Labute approximate surface area is 175 Å². The molecule has 0 bridgehead atoms. The van der Waals surface area contributed by atoms with Crippen molar-refractivity contribution in [2.45, 2.75) is 52.4 Å². The van der Waals surface area contributed by atoms with E-state index in [0.29, 0.717) is 12.6 Å². The van der Waals surface area contributed by atoms with E-state index >= 15 is 0 Å². The summed E-state index contributed by atoms with van der Waals surface area (Å²) < 4.78 is 5.00. The van der Waals surface area contributed by atoms with Crippen LogP contribution in [0.15, 0.2) is 36.1 Å². The predicted molar refractivity (Wildman–Crippen MR) is 117 cm³/mol. The molecule has 0 saturated heterocycles. The highest BCUT2D eigenvalue weighted by Gasteiger charge is 2.20. The summed E-state index contributed by atoms with van der Waals surface area (Å²) in [6, 6.07) is 0.322. The summed E-state index contributed by atoms with van der Waals surface area (Å²) >= 11 is 0. The van der Waals surface area contributed by atoms with Crippen molar-refractivity contribution in [3.63, 3.8) is 0 Å². The van der Waals surface area contributed by atoms with Crippen LogP contribution in [0, 0.1) is 0 Å². The molecule has 0 heterocycles. The highest BCUT2D eigenvalue weighted by Crippen LogP contribution is 2.27. The average molecular weight is 429 g/mol. The summed E-state index contributed by atoms with van der Waals surface area (Å²) in [5, 5.41) is 5.63. The molecule has 0 spiro atoms. The van der Waals surface area contributed by atoms with Gasteiger partial charge in [0.1, 0.15) is 6.61 Å². The molecule has 0 aromatic heterocycles. The van der Waals surface area contributed by atoms with Gasteiger partial charge in [-0.25, -0.2) is 4.79 Å². The Balaban J connectivity index is 4.21. The molecule has 0 aliphatic rings. The maximum absolute atomic E-state index is 11.6. The molecule has 2 unspecified atom stereocenters. The van der Waals surface area contributed by atoms with Gasteiger partial charge in [0.25, 0.3) is 0 Å². The SMILES string of the molecule is C=C/C=C(C)/C(=C\C)NC(C)CCCN(CC)CCOC(=O)NC(C=O)P(O)O. The third-order valence-corrected chi connectivity index (χ3v) is 5.07. The van der Waals surface area contributed by atoms with Crippen molar-refractivity contribution in [2.24, 2.45) is 0 Å². The Morgan fingerprint density at radius 1 is 1.31 bits per heavy atom. The van der Waals surface area contributed by atoms with Gasteiger partial charge in [-0.05, 0) is 52.3 Å². The third kappa shape index (κ3) is 12.4. The monoisotopic (exact) mass is 429 g/mol. The van der Waals surface area contributed by atoms with E-state index in [-0.39, 0.29) is 12.9 Å². The quantitative estimate of drug-likeness (QED) is 0.180. The maximum atomic E-state index is 11.6. The lowest BCUT2D eigenvalue weighted by Gasteiger charge is -2.23. The van der Waals surface area contributed by atoms with Crippen molar-refractivity contribution in [3.05, 3.63) is 36.1 Å². The van der Waals surface area contributed by atoms with Gasteiger partial charge in [-0.1, -0.05) is 31.7 Å². The van der Waals surface area contributed by atoms with E-state index in [1.165, 1.54) is 0 Å². The number of hydrogen-bond acceptors (Lipinski definition) is 7. The highest BCUT2D eigenvalue weighted by molar-refractivity contribution is 7.47. The van der Waals surface area contributed by atoms with Crippen LogP contribution >= 0.6 is 8.38 Å². The molecule has 0 saturated carbocycles. The van der Waals surface area contributed by atoms with Crippen LogP contribution in [0.1, 0.15) is 40.5 Å². The van der Waals surface area contributed by atoms with E-state index in [2.05, 4.69) is 35.1 Å². The topological polar surface area (TPSA) is 111 Å². The van der Waals surface area contributed by atoms with Crippen molar-refractivity contribution >= 4 is 20.8 Å². The standard InChI is InChI=1S/C20H36N3O5P/c1-6-10-16(4)18(7-2)21-17(5)11-9-12-23(8-3)13-14-28-20(25)22-19(15-24)29(26)27/h6-7,10,15,17,19,21,26-27H,1,8-9,11-14H2,2-5H3,(H,22,25)/b16-10+,18-7+. The molecule has 9 heteroatoms. The molecule has 166 valence electrons. The van der Waals surface area contributed by atoms with Gasteiger partial charge in [0.2, 0.25) is 0 Å². The average Bonchev–Trinajstić information content (AvgIpc) is 2.68. The number of alkyl carbamates (subject to hydrolysis) is 1. The lowest BCUT2D eigenvalue weighted by Crippen LogP contribution is -2.37. The van der Waals surface area contributed by atoms with Gasteiger partial charge in [0.05, 0.1) is 0 Å². The van der Waals surface area contributed by atoms with Gasteiger partial charge in [0, 0.05) is 18.3 Å². The van der Waals surface area contributed by atoms with E-state index in [1.54, 1.807) is 6.08 Å². The number of nitrogens with zero attached hydrogens (tertiary/aromatic N) is 1. The first-order valence-corrected chi connectivity index (χ1v) is 11.1. The van der Waals surface area contributed by atoms with Crippen LogP contribution in [0.3, 0.4) is 0 Å². The summed E-state index contributed by atoms with van der Waals surface area (Å²) in [6.45, 7) is 14.4. The molecule has 1 amide bonds. The molecule has 0 aromatic carbocycles. The number of ether oxygens (including phenoxy) is 1. The fourth-order valence-corrected chi connectivity index (χ4v) is 2.98. The lowest BCUT2D eigenvalue weighted by molar-refractivity contribution is -0.108. The number of likely N-dealkylation sites (N-methyl/N-ethyl adjacent to an activating group) is 1. The fraction of sp³-hybridized carbons (Fsp3) is 0.600. The van der Waals surface area contributed by atoms with E-state index in [9.17, 15) is 9.59 Å². The van der Waals surface area contributed by atoms with Crippen LogP contribution < -0.4 is 10.6 Å². The van der Waals surface area contributed by atoms with Gasteiger partial charge in [-0.15, -0.1) is 0 Å². The Bertz CT molecular complexity index is 566. The minimum Gasteiger partial charge on any atom is -0.448 e. The Morgan fingerprint density at radius 2 is 2.00 bits per heavy atom. The van der Waals surface area contributed by atoms with Crippen LogP contribution in [0.2, 0.25) is 0 Å². The molecule has 0 rings (SSSR count). The highest BCUT2D eigenvalue weighted by atomic mass is 31.2. The van der Waals surface area contributed by atoms with Crippen LogP contribution in [0.5, 0.6) is 0 Å². The zero-order valence-electron chi connectivity index (χ0n) is 17.9. The molecule has 0 aromatic rings. The number of hydrogen-bond donors (Lipinski definition) is 4. The summed E-state index contributed by atoms with van der Waals surface area (Å²) in [5.74, 6) is -1.33. The number of aldehydes is 1. The van der Waals surface area contributed by atoms with Crippen molar-refractivity contribution in [1.29, 1.82) is 0 Å². The molecule has 4 N–H and O–H groups in total. The van der Waals surface area contributed by atoms with E-state index in [0.717, 1.165) is 37.2 Å². The second-order valence-electron chi connectivity index (χ2n) is 6.59. The van der Waals surface area contributed by atoms with Crippen molar-refractivity contribution in [2.75, 3.05) is 26.2 Å². The van der Waals surface area contributed by atoms with Gasteiger partial charge in [-0.3, -0.25) is 0 Å². The van der Waals surface area contributed by atoms with Gasteiger partial charge in [-0.2, -0.15) is 0 Å². The Hall–Kier alpha value is -1.73. The summed E-state index contributed by atoms with van der Waals surface area (Å²) in [6.07, 6.45) is 7.22. The van der Waals surface area contributed by atoms with Gasteiger partial charge < -0.3 is 34.9 Å². The number of carbonyl (C=O) groups excluding carboxylic acids is 2. The first-order chi connectivity index (χ1) is 13.8. The third-order valence-electron chi connectivity index (χ3n) is 4.33. The number of carbonyl (C=O) groups is 2. The molecule has 8 nitrogen and oxygen atoms in total. The molecular weight excluding hydrogens is 393 g/mol. The lowest BCUT2D eigenvalue weighted by atomic mass is 10.1. The fourth-order valence-electron chi connectivity index (χ4n) is 2.65. The number of allylic oxidation sites excluding steroid dienone is 4. The molecule has 0 aliphatic heterocycles. The second-order valence-corrected chi connectivity index (χ2v) is 7.79. The minimum absolute atomic E-state index is 0.155. The van der Waals surface area contributed by atoms with Crippen molar-refractivity contribution in [3.8, 4) is 0 Å². The van der Waals surface area contributed by atoms with Crippen molar-refractivity contribution < 1.29 is 24.1 Å². The van der Waals surface area contributed by atoms with Crippen LogP contribution in [-0.4, -0.2) is 65.1 Å². The number of nitrogens with one attached hydrogen (secondary N) is 2. The van der Waals surface area contributed by atoms with E-state index in [1.807, 2.05) is 26.8 Å².